The Balaban J connectivity index is 2.41. The zero-order valence-electron chi connectivity index (χ0n) is 11.7. The van der Waals surface area contributed by atoms with Gasteiger partial charge in [0.05, 0.1) is 5.69 Å². The fourth-order valence-corrected chi connectivity index (χ4v) is 2.57. The lowest BCUT2D eigenvalue weighted by Crippen LogP contribution is -2.48. The van der Waals surface area contributed by atoms with Crippen molar-refractivity contribution in [3.63, 3.8) is 0 Å². The quantitative estimate of drug-likeness (QED) is 0.605. The number of hydrogen-bond acceptors (Lipinski definition) is 3. The summed E-state index contributed by atoms with van der Waals surface area (Å²) in [5.74, 6) is -3.38. The average Bonchev–Trinajstić information content (AvgIpc) is 2.48. The highest BCUT2D eigenvalue weighted by atomic mass is 127. The Bertz CT molecular complexity index is 688. The first kappa shape index (κ1) is 16.6. The molecule has 0 bridgehead atoms. The zero-order valence-corrected chi connectivity index (χ0v) is 13.9. The molecular weight excluding hydrogens is 405 g/mol. The van der Waals surface area contributed by atoms with Crippen LogP contribution in [0.5, 0.6) is 0 Å². The second-order valence-corrected chi connectivity index (χ2v) is 6.00. The minimum atomic E-state index is -1.22. The molecule has 1 heterocycles. The van der Waals surface area contributed by atoms with E-state index in [0.29, 0.717) is 3.57 Å². The first-order valence-corrected chi connectivity index (χ1v) is 7.48. The molecule has 2 rings (SSSR count). The number of amides is 1. The van der Waals surface area contributed by atoms with E-state index in [-0.39, 0.29) is 12.1 Å². The van der Waals surface area contributed by atoms with E-state index in [1.165, 1.54) is 25.3 Å². The second kappa shape index (κ2) is 6.55. The van der Waals surface area contributed by atoms with Crippen LogP contribution in [-0.4, -0.2) is 29.7 Å². The van der Waals surface area contributed by atoms with Crippen LogP contribution >= 0.6 is 22.6 Å². The van der Waals surface area contributed by atoms with Gasteiger partial charge in [-0.15, -0.1) is 6.58 Å². The molecule has 0 radical (unpaired) electrons. The molecule has 1 unspecified atom stereocenters. The fourth-order valence-electron chi connectivity index (χ4n) is 2.12. The molecule has 0 saturated heterocycles. The van der Waals surface area contributed by atoms with Crippen LogP contribution in [-0.2, 0) is 9.59 Å². The largest absolute Gasteiger partial charge is 0.348 e. The van der Waals surface area contributed by atoms with Gasteiger partial charge in [-0.05, 0) is 47.2 Å². The molecule has 22 heavy (non-hydrogen) atoms. The Morgan fingerprint density at radius 2 is 2.09 bits per heavy atom. The molecule has 116 valence electrons. The molecule has 0 aliphatic carbocycles. The van der Waals surface area contributed by atoms with Gasteiger partial charge in [-0.2, -0.15) is 4.39 Å². The first-order chi connectivity index (χ1) is 10.4. The number of likely N-dealkylation sites (N-methyl/N-ethyl adjacent to an activating group) is 1. The number of nitrogens with one attached hydrogen (secondary N) is 1. The summed E-state index contributed by atoms with van der Waals surface area (Å²) in [7, 11) is 1.34. The Hall–Kier alpha value is -1.77. The third-order valence-corrected chi connectivity index (χ3v) is 4.00. The summed E-state index contributed by atoms with van der Waals surface area (Å²) in [5, 5.41) is 2.41. The molecule has 1 atom stereocenters. The van der Waals surface area contributed by atoms with Crippen molar-refractivity contribution in [1.82, 2.24) is 4.90 Å². The number of nitrogens with zero attached hydrogens (tertiary/aromatic N) is 1. The van der Waals surface area contributed by atoms with E-state index >= 15 is 0 Å². The van der Waals surface area contributed by atoms with Gasteiger partial charge in [0.1, 0.15) is 17.6 Å². The topological polar surface area (TPSA) is 49.4 Å². The Morgan fingerprint density at radius 1 is 1.41 bits per heavy atom. The summed E-state index contributed by atoms with van der Waals surface area (Å²) in [6.45, 7) is 3.52. The van der Waals surface area contributed by atoms with Crippen molar-refractivity contribution in [3.8, 4) is 0 Å². The van der Waals surface area contributed by atoms with Crippen molar-refractivity contribution in [2.24, 2.45) is 0 Å². The maximum absolute atomic E-state index is 14.1. The second-order valence-electron chi connectivity index (χ2n) is 4.76. The van der Waals surface area contributed by atoms with Crippen molar-refractivity contribution in [1.29, 1.82) is 0 Å². The van der Waals surface area contributed by atoms with Gasteiger partial charge in [-0.1, -0.05) is 6.08 Å². The lowest BCUT2D eigenvalue weighted by atomic mass is 9.99. The van der Waals surface area contributed by atoms with Gasteiger partial charge < -0.3 is 10.2 Å². The smallest absolute Gasteiger partial charge is 0.285 e. The Kier molecular flexibility index (Phi) is 4.94. The standard InChI is InChI=1S/C15H13F2IN2O2/c1-3-4-11-14(21)13(12(17)15(22)20(11)2)19-10-6-5-8(18)7-9(10)16/h3,5-7,11,19H,1,4H2,2H3. The van der Waals surface area contributed by atoms with Gasteiger partial charge in [0.25, 0.3) is 5.91 Å². The lowest BCUT2D eigenvalue weighted by molar-refractivity contribution is -0.137. The average molecular weight is 418 g/mol. The van der Waals surface area contributed by atoms with Crippen LogP contribution in [0.2, 0.25) is 0 Å². The Morgan fingerprint density at radius 3 is 2.68 bits per heavy atom. The summed E-state index contributed by atoms with van der Waals surface area (Å²) in [4.78, 5) is 25.2. The minimum Gasteiger partial charge on any atom is -0.348 e. The highest BCUT2D eigenvalue weighted by Gasteiger charge is 2.39. The number of benzene rings is 1. The molecule has 1 aliphatic rings. The number of halogens is 3. The van der Waals surface area contributed by atoms with E-state index < -0.39 is 35.1 Å². The maximum atomic E-state index is 14.1. The van der Waals surface area contributed by atoms with Crippen LogP contribution in [0.25, 0.3) is 0 Å². The van der Waals surface area contributed by atoms with Gasteiger partial charge in [-0.3, -0.25) is 9.59 Å². The van der Waals surface area contributed by atoms with Crippen LogP contribution in [0.3, 0.4) is 0 Å². The van der Waals surface area contributed by atoms with Gasteiger partial charge in [0.15, 0.2) is 0 Å². The third-order valence-electron chi connectivity index (χ3n) is 3.32. The van der Waals surface area contributed by atoms with Gasteiger partial charge in [0, 0.05) is 10.6 Å². The van der Waals surface area contributed by atoms with E-state index in [2.05, 4.69) is 11.9 Å². The van der Waals surface area contributed by atoms with Crippen LogP contribution in [0.1, 0.15) is 6.42 Å². The number of ketones is 1. The SMILES string of the molecule is C=CCC1C(=O)C(Nc2ccc(I)cc2F)=C(F)C(=O)N1C. The molecule has 1 aromatic carbocycles. The predicted molar refractivity (Wildman–Crippen MR) is 87.3 cm³/mol. The van der Waals surface area contributed by atoms with E-state index in [0.717, 1.165) is 4.90 Å². The van der Waals surface area contributed by atoms with Crippen molar-refractivity contribution in [2.75, 3.05) is 12.4 Å². The fraction of sp³-hybridized carbons (Fsp3) is 0.200. The molecule has 1 N–H and O–H groups in total. The predicted octanol–water partition coefficient (Wildman–Crippen LogP) is 3.01. The molecule has 0 saturated carbocycles. The summed E-state index contributed by atoms with van der Waals surface area (Å²) in [5.41, 5.74) is -0.580. The number of rotatable bonds is 4. The third kappa shape index (κ3) is 3.03. The van der Waals surface area contributed by atoms with Crippen LogP contribution in [0.15, 0.2) is 42.4 Å². The van der Waals surface area contributed by atoms with E-state index in [4.69, 9.17) is 0 Å². The molecule has 1 aliphatic heterocycles. The molecule has 0 fully saturated rings. The summed E-state index contributed by atoms with van der Waals surface area (Å²) >= 11 is 1.93. The molecule has 4 nitrogen and oxygen atoms in total. The molecule has 1 amide bonds. The number of carbonyl (C=O) groups excluding carboxylic acids is 2. The van der Waals surface area contributed by atoms with E-state index in [1.54, 1.807) is 6.07 Å². The molecule has 7 heteroatoms. The van der Waals surface area contributed by atoms with Crippen molar-refractivity contribution in [3.05, 3.63) is 51.8 Å². The van der Waals surface area contributed by atoms with Gasteiger partial charge in [-0.25, -0.2) is 4.39 Å². The zero-order chi connectivity index (χ0) is 16.4. The number of carbonyl (C=O) groups is 2. The molecule has 0 aromatic heterocycles. The number of Topliss-reactive ketones (excluding diaryl/α,β-unsaturated/α-hetero) is 1. The van der Waals surface area contributed by atoms with Crippen LogP contribution < -0.4 is 5.32 Å². The highest BCUT2D eigenvalue weighted by Crippen LogP contribution is 2.26. The first-order valence-electron chi connectivity index (χ1n) is 6.41. The Labute approximate surface area is 140 Å². The molecule has 0 spiro atoms. The van der Waals surface area contributed by atoms with Crippen molar-refractivity contribution in [2.45, 2.75) is 12.5 Å². The summed E-state index contributed by atoms with van der Waals surface area (Å²) < 4.78 is 28.6. The summed E-state index contributed by atoms with van der Waals surface area (Å²) in [6, 6.07) is 3.38. The van der Waals surface area contributed by atoms with Gasteiger partial charge in [0.2, 0.25) is 11.6 Å². The number of anilines is 1. The maximum Gasteiger partial charge on any atom is 0.285 e. The van der Waals surface area contributed by atoms with E-state index in [9.17, 15) is 18.4 Å². The summed E-state index contributed by atoms with van der Waals surface area (Å²) in [6.07, 6.45) is 1.66. The lowest BCUT2D eigenvalue weighted by Gasteiger charge is -2.31. The van der Waals surface area contributed by atoms with E-state index in [1.807, 2.05) is 22.6 Å². The molecule has 1 aromatic rings. The normalized spacial score (nSPS) is 18.7. The molecular formula is C15H13F2IN2O2. The van der Waals surface area contributed by atoms with Crippen molar-refractivity contribution >= 4 is 40.0 Å². The van der Waals surface area contributed by atoms with Gasteiger partial charge >= 0.3 is 0 Å². The van der Waals surface area contributed by atoms with Crippen LogP contribution in [0, 0.1) is 9.39 Å². The van der Waals surface area contributed by atoms with Crippen molar-refractivity contribution < 1.29 is 18.4 Å². The number of hydrogen-bond donors (Lipinski definition) is 1. The minimum absolute atomic E-state index is 0.0615. The van der Waals surface area contributed by atoms with Crippen LogP contribution in [0.4, 0.5) is 14.5 Å². The highest BCUT2D eigenvalue weighted by molar-refractivity contribution is 14.1. The monoisotopic (exact) mass is 418 g/mol.